The number of alkyl halides is 2. The Morgan fingerprint density at radius 3 is 2.75 bits per heavy atom. The summed E-state index contributed by atoms with van der Waals surface area (Å²) in [7, 11) is 0. The lowest BCUT2D eigenvalue weighted by molar-refractivity contribution is 0.181. The van der Waals surface area contributed by atoms with E-state index in [0.29, 0.717) is 0 Å². The summed E-state index contributed by atoms with van der Waals surface area (Å²) in [5.74, 6) is 0. The van der Waals surface area contributed by atoms with E-state index in [-0.39, 0.29) is 6.10 Å². The van der Waals surface area contributed by atoms with Crippen molar-refractivity contribution in [2.45, 2.75) is 17.4 Å². The van der Waals surface area contributed by atoms with Crippen LogP contribution in [0.3, 0.4) is 0 Å². The molecule has 1 aliphatic rings. The summed E-state index contributed by atoms with van der Waals surface area (Å²) in [6.45, 7) is 1.87. The summed E-state index contributed by atoms with van der Waals surface area (Å²) in [5, 5.41) is 0. The Bertz CT molecular complexity index is 229. The highest BCUT2D eigenvalue weighted by atomic mass is 35.5. The molecule has 0 aliphatic heterocycles. The van der Waals surface area contributed by atoms with Gasteiger partial charge in [-0.05, 0) is 19.1 Å². The van der Waals surface area contributed by atoms with Crippen LogP contribution in [0.5, 0.6) is 0 Å². The van der Waals surface area contributed by atoms with Gasteiger partial charge in [0.1, 0.15) is 0 Å². The molecule has 0 aromatic heterocycles. The van der Waals surface area contributed by atoms with Crippen molar-refractivity contribution in [3.8, 4) is 0 Å². The van der Waals surface area contributed by atoms with E-state index >= 15 is 0 Å². The summed E-state index contributed by atoms with van der Waals surface area (Å²) in [4.78, 5) is 0. The average Bonchev–Trinajstić information content (AvgIpc) is 2.02. The first-order chi connectivity index (χ1) is 5.67. The third kappa shape index (κ3) is 2.29. The third-order valence-electron chi connectivity index (χ3n) is 1.46. The molecule has 66 valence electrons. The van der Waals surface area contributed by atoms with Gasteiger partial charge in [0, 0.05) is 0 Å². The van der Waals surface area contributed by atoms with Gasteiger partial charge in [-0.3, -0.25) is 0 Å². The molecule has 0 aromatic carbocycles. The van der Waals surface area contributed by atoms with Crippen LogP contribution >= 0.6 is 23.2 Å². The zero-order valence-electron chi connectivity index (χ0n) is 6.71. The molecule has 12 heavy (non-hydrogen) atoms. The predicted molar refractivity (Wildman–Crippen MR) is 52.4 cm³/mol. The monoisotopic (exact) mass is 204 g/mol. The van der Waals surface area contributed by atoms with Crippen LogP contribution in [-0.4, -0.2) is 10.4 Å². The van der Waals surface area contributed by atoms with E-state index in [0.717, 1.165) is 0 Å². The van der Waals surface area contributed by atoms with Crippen molar-refractivity contribution < 1.29 is 4.74 Å². The Morgan fingerprint density at radius 1 is 1.42 bits per heavy atom. The van der Waals surface area contributed by atoms with Crippen LogP contribution < -0.4 is 0 Å². The van der Waals surface area contributed by atoms with E-state index in [2.05, 4.69) is 0 Å². The van der Waals surface area contributed by atoms with Gasteiger partial charge in [0.25, 0.3) is 0 Å². The highest BCUT2D eigenvalue weighted by molar-refractivity contribution is 6.50. The SMILES string of the molecule is CC=COC1C=CC=CC1(Cl)Cl. The molecule has 1 nitrogen and oxygen atoms in total. The third-order valence-corrected chi connectivity index (χ3v) is 2.14. The number of hydrogen-bond donors (Lipinski definition) is 0. The molecular formula is C9H10Cl2O. The first kappa shape index (κ1) is 9.69. The Kier molecular flexibility index (Phi) is 3.24. The van der Waals surface area contributed by atoms with Gasteiger partial charge >= 0.3 is 0 Å². The Labute approximate surface area is 82.3 Å². The van der Waals surface area contributed by atoms with Crippen LogP contribution in [0.1, 0.15) is 6.92 Å². The number of ether oxygens (including phenoxy) is 1. The van der Waals surface area contributed by atoms with Gasteiger partial charge in [0.15, 0.2) is 10.4 Å². The maximum absolute atomic E-state index is 5.94. The van der Waals surface area contributed by atoms with Crippen LogP contribution in [0.2, 0.25) is 0 Å². The lowest BCUT2D eigenvalue weighted by Gasteiger charge is -2.25. The Morgan fingerprint density at radius 2 is 2.17 bits per heavy atom. The lowest BCUT2D eigenvalue weighted by atomic mass is 10.1. The predicted octanol–water partition coefficient (Wildman–Crippen LogP) is 3.21. The van der Waals surface area contributed by atoms with Crippen molar-refractivity contribution >= 4 is 23.2 Å². The molecule has 0 fully saturated rings. The second-order valence-electron chi connectivity index (χ2n) is 2.44. The summed E-state index contributed by atoms with van der Waals surface area (Å²) in [6.07, 6.45) is 10.2. The molecule has 0 N–H and O–H groups in total. The normalized spacial score (nSPS) is 26.4. The molecule has 1 atom stereocenters. The van der Waals surface area contributed by atoms with Crippen LogP contribution in [0.4, 0.5) is 0 Å². The molecule has 0 heterocycles. The van der Waals surface area contributed by atoms with Crippen molar-refractivity contribution in [3.63, 3.8) is 0 Å². The summed E-state index contributed by atoms with van der Waals surface area (Å²) < 4.78 is 4.31. The van der Waals surface area contributed by atoms with Crippen LogP contribution in [0, 0.1) is 0 Å². The fourth-order valence-corrected chi connectivity index (χ4v) is 1.27. The first-order valence-corrected chi connectivity index (χ1v) is 4.43. The van der Waals surface area contributed by atoms with Gasteiger partial charge in [-0.25, -0.2) is 0 Å². The average molecular weight is 205 g/mol. The van der Waals surface area contributed by atoms with Gasteiger partial charge in [0.05, 0.1) is 6.26 Å². The highest BCUT2D eigenvalue weighted by Crippen LogP contribution is 2.32. The summed E-state index contributed by atoms with van der Waals surface area (Å²) in [6, 6.07) is 0. The van der Waals surface area contributed by atoms with Gasteiger partial charge in [0.2, 0.25) is 0 Å². The topological polar surface area (TPSA) is 9.23 Å². The van der Waals surface area contributed by atoms with Crippen molar-refractivity contribution in [2.24, 2.45) is 0 Å². The number of rotatable bonds is 2. The Balaban J connectivity index is 2.63. The van der Waals surface area contributed by atoms with E-state index in [4.69, 9.17) is 27.9 Å². The van der Waals surface area contributed by atoms with Gasteiger partial charge in [-0.2, -0.15) is 0 Å². The molecule has 3 heteroatoms. The molecule has 0 saturated carbocycles. The van der Waals surface area contributed by atoms with Gasteiger partial charge in [-0.1, -0.05) is 41.4 Å². The molecule has 0 spiro atoms. The molecule has 1 aliphatic carbocycles. The van der Waals surface area contributed by atoms with Gasteiger partial charge < -0.3 is 4.74 Å². The first-order valence-electron chi connectivity index (χ1n) is 3.67. The zero-order chi connectivity index (χ0) is 9.03. The molecular weight excluding hydrogens is 195 g/mol. The molecule has 0 radical (unpaired) electrons. The lowest BCUT2D eigenvalue weighted by Crippen LogP contribution is -2.30. The minimum Gasteiger partial charge on any atom is -0.491 e. The highest BCUT2D eigenvalue weighted by Gasteiger charge is 2.32. The Hall–Kier alpha value is -0.400. The second kappa shape index (κ2) is 4.01. The fraction of sp³-hybridized carbons (Fsp3) is 0.333. The maximum Gasteiger partial charge on any atom is 0.176 e. The van der Waals surface area contributed by atoms with E-state index < -0.39 is 4.33 Å². The number of allylic oxidation sites excluding steroid dienone is 3. The summed E-state index contributed by atoms with van der Waals surface area (Å²) >= 11 is 11.9. The van der Waals surface area contributed by atoms with Crippen LogP contribution in [0.15, 0.2) is 36.6 Å². The fourth-order valence-electron chi connectivity index (χ4n) is 0.871. The zero-order valence-corrected chi connectivity index (χ0v) is 8.22. The van der Waals surface area contributed by atoms with Crippen molar-refractivity contribution in [1.82, 2.24) is 0 Å². The van der Waals surface area contributed by atoms with E-state index in [1.165, 1.54) is 0 Å². The number of halogens is 2. The minimum atomic E-state index is -0.950. The maximum atomic E-state index is 5.94. The summed E-state index contributed by atoms with van der Waals surface area (Å²) in [5.41, 5.74) is 0. The molecule has 0 saturated heterocycles. The smallest absolute Gasteiger partial charge is 0.176 e. The minimum absolute atomic E-state index is 0.304. The second-order valence-corrected chi connectivity index (χ2v) is 3.89. The number of hydrogen-bond acceptors (Lipinski definition) is 1. The van der Waals surface area contributed by atoms with Crippen molar-refractivity contribution in [2.75, 3.05) is 0 Å². The molecule has 0 bridgehead atoms. The van der Waals surface area contributed by atoms with E-state index in [9.17, 15) is 0 Å². The molecule has 0 aromatic rings. The molecule has 0 amide bonds. The van der Waals surface area contributed by atoms with E-state index in [1.807, 2.05) is 19.1 Å². The van der Waals surface area contributed by atoms with Gasteiger partial charge in [-0.15, -0.1) is 0 Å². The standard InChI is InChI=1S/C9H10Cl2O/c1-2-7-12-8-5-3-4-6-9(8,10)11/h2-8H,1H3. The molecule has 1 rings (SSSR count). The van der Waals surface area contributed by atoms with Crippen molar-refractivity contribution in [1.29, 1.82) is 0 Å². The van der Waals surface area contributed by atoms with Crippen LogP contribution in [-0.2, 0) is 4.74 Å². The quantitative estimate of drug-likeness (QED) is 0.496. The van der Waals surface area contributed by atoms with Crippen LogP contribution in [0.25, 0.3) is 0 Å². The molecule has 1 unspecified atom stereocenters. The van der Waals surface area contributed by atoms with Crippen molar-refractivity contribution in [3.05, 3.63) is 36.6 Å². The largest absolute Gasteiger partial charge is 0.491 e. The van der Waals surface area contributed by atoms with E-state index in [1.54, 1.807) is 24.5 Å².